The fourth-order valence-electron chi connectivity index (χ4n) is 2.12. The molecule has 5 nitrogen and oxygen atoms in total. The molecule has 1 N–H and O–H groups in total. The van der Waals surface area contributed by atoms with Crippen LogP contribution in [0.1, 0.15) is 5.56 Å². The van der Waals surface area contributed by atoms with Gasteiger partial charge in [-0.25, -0.2) is 17.5 Å². The zero-order valence-electron chi connectivity index (χ0n) is 12.3. The quantitative estimate of drug-likeness (QED) is 0.799. The minimum atomic E-state index is -3.82. The fraction of sp³-hybridized carbons (Fsp3) is 0.0625. The van der Waals surface area contributed by atoms with Gasteiger partial charge in [-0.15, -0.1) is 0 Å². The number of anilines is 1. The van der Waals surface area contributed by atoms with Crippen molar-refractivity contribution >= 4 is 15.7 Å². The molecule has 0 aliphatic rings. The Hall–Kier alpha value is -2.67. The topological polar surface area (TPSA) is 64.0 Å². The van der Waals surface area contributed by atoms with Crippen LogP contribution in [-0.2, 0) is 10.0 Å². The van der Waals surface area contributed by atoms with Gasteiger partial charge in [0, 0.05) is 18.5 Å². The Morgan fingerprint density at radius 1 is 1.13 bits per heavy atom. The van der Waals surface area contributed by atoms with Gasteiger partial charge in [-0.3, -0.25) is 4.72 Å². The molecular formula is C16H14FN3O2S. The van der Waals surface area contributed by atoms with Crippen LogP contribution in [0, 0.1) is 12.7 Å². The molecule has 0 unspecified atom stereocenters. The molecule has 118 valence electrons. The smallest absolute Gasteiger partial charge is 0.261 e. The molecule has 0 radical (unpaired) electrons. The van der Waals surface area contributed by atoms with Crippen molar-refractivity contribution in [3.05, 3.63) is 72.3 Å². The van der Waals surface area contributed by atoms with Crippen LogP contribution in [0.15, 0.2) is 65.8 Å². The molecule has 0 aliphatic heterocycles. The lowest BCUT2D eigenvalue weighted by Gasteiger charge is -2.13. The lowest BCUT2D eigenvalue weighted by molar-refractivity contribution is 0.601. The molecule has 0 amide bonds. The SMILES string of the molecule is Cc1ccc(S(=O)(=O)Nc2cc(F)ccc2-n2cccn2)cc1. The van der Waals surface area contributed by atoms with Gasteiger partial charge >= 0.3 is 0 Å². The molecule has 0 aliphatic carbocycles. The van der Waals surface area contributed by atoms with Gasteiger partial charge < -0.3 is 0 Å². The normalized spacial score (nSPS) is 11.4. The fourth-order valence-corrected chi connectivity index (χ4v) is 3.19. The zero-order chi connectivity index (χ0) is 16.4. The molecule has 2 aromatic carbocycles. The molecule has 0 saturated heterocycles. The molecule has 0 bridgehead atoms. The van der Waals surface area contributed by atoms with Crippen molar-refractivity contribution in [3.8, 4) is 5.69 Å². The first-order valence-electron chi connectivity index (χ1n) is 6.85. The van der Waals surface area contributed by atoms with E-state index in [0.717, 1.165) is 11.6 Å². The monoisotopic (exact) mass is 331 g/mol. The minimum absolute atomic E-state index is 0.110. The molecule has 3 rings (SSSR count). The molecule has 1 aromatic heterocycles. The van der Waals surface area contributed by atoms with Gasteiger partial charge in [0.2, 0.25) is 0 Å². The van der Waals surface area contributed by atoms with Crippen molar-refractivity contribution < 1.29 is 12.8 Å². The Morgan fingerprint density at radius 2 is 1.87 bits per heavy atom. The second kappa shape index (κ2) is 5.85. The summed E-state index contributed by atoms with van der Waals surface area (Å²) < 4.78 is 42.4. The van der Waals surface area contributed by atoms with E-state index in [0.29, 0.717) is 5.69 Å². The highest BCUT2D eigenvalue weighted by Gasteiger charge is 2.17. The summed E-state index contributed by atoms with van der Waals surface area (Å²) in [5, 5.41) is 4.05. The van der Waals surface area contributed by atoms with E-state index in [-0.39, 0.29) is 10.6 Å². The van der Waals surface area contributed by atoms with Gasteiger partial charge in [0.1, 0.15) is 5.82 Å². The van der Waals surface area contributed by atoms with Crippen LogP contribution in [0.4, 0.5) is 10.1 Å². The van der Waals surface area contributed by atoms with E-state index in [1.54, 1.807) is 30.6 Å². The summed E-state index contributed by atoms with van der Waals surface area (Å²) in [6.45, 7) is 1.87. The highest BCUT2D eigenvalue weighted by atomic mass is 32.2. The van der Waals surface area contributed by atoms with Gasteiger partial charge in [0.15, 0.2) is 0 Å². The maximum absolute atomic E-state index is 13.6. The van der Waals surface area contributed by atoms with Crippen LogP contribution in [0.3, 0.4) is 0 Å². The van der Waals surface area contributed by atoms with Crippen molar-refractivity contribution in [2.45, 2.75) is 11.8 Å². The van der Waals surface area contributed by atoms with Crippen LogP contribution in [0.5, 0.6) is 0 Å². The summed E-state index contributed by atoms with van der Waals surface area (Å²) >= 11 is 0. The van der Waals surface area contributed by atoms with Gasteiger partial charge in [-0.1, -0.05) is 17.7 Å². The third kappa shape index (κ3) is 3.24. The molecule has 0 spiro atoms. The molecule has 23 heavy (non-hydrogen) atoms. The van der Waals surface area contributed by atoms with E-state index < -0.39 is 15.8 Å². The van der Waals surface area contributed by atoms with Crippen molar-refractivity contribution in [1.29, 1.82) is 0 Å². The Bertz CT molecular complexity index is 920. The van der Waals surface area contributed by atoms with Crippen LogP contribution < -0.4 is 4.72 Å². The first-order valence-corrected chi connectivity index (χ1v) is 8.33. The molecule has 0 atom stereocenters. The summed E-state index contributed by atoms with van der Waals surface area (Å²) in [4.78, 5) is 0.110. The summed E-state index contributed by atoms with van der Waals surface area (Å²) in [5.41, 5.74) is 1.51. The van der Waals surface area contributed by atoms with Gasteiger partial charge in [-0.2, -0.15) is 5.10 Å². The lowest BCUT2D eigenvalue weighted by atomic mass is 10.2. The number of hydrogen-bond donors (Lipinski definition) is 1. The molecule has 1 heterocycles. The predicted molar refractivity (Wildman–Crippen MR) is 85.5 cm³/mol. The third-order valence-electron chi connectivity index (χ3n) is 3.29. The summed E-state index contributed by atoms with van der Waals surface area (Å²) in [6.07, 6.45) is 3.21. The van der Waals surface area contributed by atoms with E-state index in [1.165, 1.54) is 28.9 Å². The van der Waals surface area contributed by atoms with Gasteiger partial charge in [0.25, 0.3) is 10.0 Å². The predicted octanol–water partition coefficient (Wildman–Crippen LogP) is 3.12. The second-order valence-electron chi connectivity index (χ2n) is 5.03. The van der Waals surface area contributed by atoms with Crippen molar-refractivity contribution in [2.75, 3.05) is 4.72 Å². The van der Waals surface area contributed by atoms with E-state index in [9.17, 15) is 12.8 Å². The summed E-state index contributed by atoms with van der Waals surface area (Å²) in [5.74, 6) is -0.539. The van der Waals surface area contributed by atoms with E-state index in [1.807, 2.05) is 6.92 Å². The van der Waals surface area contributed by atoms with Crippen molar-refractivity contribution in [2.24, 2.45) is 0 Å². The Balaban J connectivity index is 2.02. The largest absolute Gasteiger partial charge is 0.277 e. The Labute approximate surface area is 133 Å². The van der Waals surface area contributed by atoms with Crippen LogP contribution in [-0.4, -0.2) is 18.2 Å². The average Bonchev–Trinajstić information content (AvgIpc) is 3.01. The molecule has 7 heteroatoms. The minimum Gasteiger partial charge on any atom is -0.277 e. The number of sulfonamides is 1. The van der Waals surface area contributed by atoms with Crippen LogP contribution in [0.2, 0.25) is 0 Å². The Kier molecular flexibility index (Phi) is 3.87. The number of rotatable bonds is 4. The second-order valence-corrected chi connectivity index (χ2v) is 6.71. The first kappa shape index (κ1) is 15.2. The number of halogens is 1. The van der Waals surface area contributed by atoms with Gasteiger partial charge in [-0.05, 0) is 37.3 Å². The standard InChI is InChI=1S/C16H14FN3O2S/c1-12-3-6-14(7-4-12)23(21,22)19-15-11-13(17)5-8-16(15)20-10-2-9-18-20/h2-11,19H,1H3. The van der Waals surface area contributed by atoms with Crippen LogP contribution >= 0.6 is 0 Å². The molecular weight excluding hydrogens is 317 g/mol. The highest BCUT2D eigenvalue weighted by Crippen LogP contribution is 2.24. The number of nitrogens with one attached hydrogen (secondary N) is 1. The number of aromatic nitrogens is 2. The molecule has 0 saturated carbocycles. The lowest BCUT2D eigenvalue weighted by Crippen LogP contribution is -2.15. The highest BCUT2D eigenvalue weighted by molar-refractivity contribution is 7.92. The van der Waals surface area contributed by atoms with Crippen LogP contribution in [0.25, 0.3) is 5.69 Å². The number of benzene rings is 2. The number of nitrogens with zero attached hydrogens (tertiary/aromatic N) is 2. The Morgan fingerprint density at radius 3 is 2.52 bits per heavy atom. The third-order valence-corrected chi connectivity index (χ3v) is 4.67. The molecule has 0 fully saturated rings. The molecule has 3 aromatic rings. The van der Waals surface area contributed by atoms with Crippen molar-refractivity contribution in [1.82, 2.24) is 9.78 Å². The maximum Gasteiger partial charge on any atom is 0.261 e. The number of aryl methyl sites for hydroxylation is 1. The van der Waals surface area contributed by atoms with E-state index >= 15 is 0 Å². The average molecular weight is 331 g/mol. The van der Waals surface area contributed by atoms with Crippen molar-refractivity contribution in [3.63, 3.8) is 0 Å². The van der Waals surface area contributed by atoms with E-state index in [4.69, 9.17) is 0 Å². The maximum atomic E-state index is 13.6. The first-order chi connectivity index (χ1) is 11.0. The summed E-state index contributed by atoms with van der Waals surface area (Å²) in [7, 11) is -3.82. The van der Waals surface area contributed by atoms with E-state index in [2.05, 4.69) is 9.82 Å². The zero-order valence-corrected chi connectivity index (χ0v) is 13.1. The van der Waals surface area contributed by atoms with Gasteiger partial charge in [0.05, 0.1) is 16.3 Å². The summed E-state index contributed by atoms with van der Waals surface area (Å²) in [6, 6.07) is 12.0. The number of hydrogen-bond acceptors (Lipinski definition) is 3.